The van der Waals surface area contributed by atoms with Gasteiger partial charge in [-0.3, -0.25) is 9.59 Å². The van der Waals surface area contributed by atoms with Crippen molar-refractivity contribution in [1.29, 1.82) is 0 Å². The van der Waals surface area contributed by atoms with Crippen LogP contribution in [0, 0.1) is 0 Å². The number of carbonyl (C=O) groups is 2. The summed E-state index contributed by atoms with van der Waals surface area (Å²) in [5.41, 5.74) is 5.31. The van der Waals surface area contributed by atoms with E-state index in [0.29, 0.717) is 10.5 Å². The molecule has 1 aromatic carbocycles. The standard InChI is InChI=1S/C11H11F3N2O2/c12-11(13,14)10(18)16(7-9(15)17)6-8-4-2-1-3-5-8/h1-5H,6-7H2,(H2,15,17). The first-order valence-corrected chi connectivity index (χ1v) is 4.99. The van der Waals surface area contributed by atoms with Gasteiger partial charge in [0.2, 0.25) is 5.91 Å². The molecule has 2 N–H and O–H groups in total. The maximum Gasteiger partial charge on any atom is 0.471 e. The van der Waals surface area contributed by atoms with E-state index in [9.17, 15) is 22.8 Å². The summed E-state index contributed by atoms with van der Waals surface area (Å²) < 4.78 is 36.9. The fraction of sp³-hybridized carbons (Fsp3) is 0.273. The molecule has 0 spiro atoms. The van der Waals surface area contributed by atoms with Crippen molar-refractivity contribution in [3.05, 3.63) is 35.9 Å². The van der Waals surface area contributed by atoms with Crippen LogP contribution in [0.5, 0.6) is 0 Å². The number of halogens is 3. The number of carbonyl (C=O) groups excluding carboxylic acids is 2. The van der Waals surface area contributed by atoms with Gasteiger partial charge in [-0.1, -0.05) is 30.3 Å². The highest BCUT2D eigenvalue weighted by molar-refractivity contribution is 5.86. The molecule has 1 aromatic rings. The zero-order valence-electron chi connectivity index (χ0n) is 9.28. The van der Waals surface area contributed by atoms with Crippen molar-refractivity contribution in [1.82, 2.24) is 4.90 Å². The third kappa shape index (κ3) is 4.08. The summed E-state index contributed by atoms with van der Waals surface area (Å²) in [6.45, 7) is -1.09. The highest BCUT2D eigenvalue weighted by Crippen LogP contribution is 2.19. The molecule has 0 heterocycles. The van der Waals surface area contributed by atoms with Gasteiger partial charge in [0.15, 0.2) is 0 Å². The fourth-order valence-corrected chi connectivity index (χ4v) is 1.37. The minimum Gasteiger partial charge on any atom is -0.368 e. The van der Waals surface area contributed by atoms with Gasteiger partial charge in [0, 0.05) is 6.54 Å². The summed E-state index contributed by atoms with van der Waals surface area (Å²) >= 11 is 0. The molecule has 98 valence electrons. The van der Waals surface area contributed by atoms with Crippen molar-refractivity contribution in [3.8, 4) is 0 Å². The van der Waals surface area contributed by atoms with E-state index in [2.05, 4.69) is 0 Å². The molecule has 0 unspecified atom stereocenters. The molecule has 0 aliphatic carbocycles. The van der Waals surface area contributed by atoms with E-state index in [0.717, 1.165) is 0 Å². The molecule has 2 amide bonds. The first kappa shape index (κ1) is 14.0. The molecule has 0 atom stereocenters. The van der Waals surface area contributed by atoms with Gasteiger partial charge in [0.05, 0.1) is 6.54 Å². The van der Waals surface area contributed by atoms with Gasteiger partial charge in [-0.25, -0.2) is 0 Å². The Kier molecular flexibility index (Phi) is 4.30. The predicted molar refractivity (Wildman–Crippen MR) is 57.1 cm³/mol. The third-order valence-corrected chi connectivity index (χ3v) is 2.09. The number of alkyl halides is 3. The SMILES string of the molecule is NC(=O)CN(Cc1ccccc1)C(=O)C(F)(F)F. The quantitative estimate of drug-likeness (QED) is 0.879. The zero-order chi connectivity index (χ0) is 13.8. The summed E-state index contributed by atoms with van der Waals surface area (Å²) in [5.74, 6) is -3.08. The number of hydrogen-bond donors (Lipinski definition) is 1. The van der Waals surface area contributed by atoms with E-state index in [1.165, 1.54) is 0 Å². The van der Waals surface area contributed by atoms with Crippen LogP contribution >= 0.6 is 0 Å². The van der Waals surface area contributed by atoms with E-state index < -0.39 is 24.5 Å². The summed E-state index contributed by atoms with van der Waals surface area (Å²) in [4.78, 5) is 22.2. The van der Waals surface area contributed by atoms with Gasteiger partial charge in [-0.2, -0.15) is 13.2 Å². The van der Waals surface area contributed by atoms with E-state index in [4.69, 9.17) is 5.73 Å². The van der Waals surface area contributed by atoms with Crippen molar-refractivity contribution in [2.45, 2.75) is 12.7 Å². The molecule has 0 bridgehead atoms. The number of primary amides is 1. The van der Waals surface area contributed by atoms with Gasteiger partial charge in [0.1, 0.15) is 0 Å². The van der Waals surface area contributed by atoms with E-state index in [-0.39, 0.29) is 6.54 Å². The Labute approximate surface area is 101 Å². The molecule has 0 aromatic heterocycles. The second-order valence-corrected chi connectivity index (χ2v) is 3.61. The highest BCUT2D eigenvalue weighted by Gasteiger charge is 2.42. The molecule has 7 heteroatoms. The average molecular weight is 260 g/mol. The lowest BCUT2D eigenvalue weighted by molar-refractivity contribution is -0.186. The van der Waals surface area contributed by atoms with Gasteiger partial charge >= 0.3 is 12.1 Å². The average Bonchev–Trinajstić information content (AvgIpc) is 2.26. The largest absolute Gasteiger partial charge is 0.471 e. The van der Waals surface area contributed by atoms with Crippen molar-refractivity contribution in [2.75, 3.05) is 6.54 Å². The van der Waals surface area contributed by atoms with Crippen LogP contribution in [0.3, 0.4) is 0 Å². The van der Waals surface area contributed by atoms with Crippen LogP contribution in [0.4, 0.5) is 13.2 Å². The highest BCUT2D eigenvalue weighted by atomic mass is 19.4. The lowest BCUT2D eigenvalue weighted by Gasteiger charge is -2.22. The van der Waals surface area contributed by atoms with Crippen LogP contribution < -0.4 is 5.73 Å². The number of nitrogens with zero attached hydrogens (tertiary/aromatic N) is 1. The van der Waals surface area contributed by atoms with Gasteiger partial charge in [-0.15, -0.1) is 0 Å². The molecule has 18 heavy (non-hydrogen) atoms. The molecule has 0 radical (unpaired) electrons. The molecule has 0 aliphatic rings. The second kappa shape index (κ2) is 5.52. The molecule has 0 saturated carbocycles. The van der Waals surface area contributed by atoms with E-state index >= 15 is 0 Å². The lowest BCUT2D eigenvalue weighted by Crippen LogP contribution is -2.44. The number of nitrogens with two attached hydrogens (primary N) is 1. The smallest absolute Gasteiger partial charge is 0.368 e. The van der Waals surface area contributed by atoms with Crippen LogP contribution in [0.25, 0.3) is 0 Å². The van der Waals surface area contributed by atoms with Crippen LogP contribution in [-0.4, -0.2) is 29.4 Å². The number of rotatable bonds is 4. The molecule has 4 nitrogen and oxygen atoms in total. The Morgan fingerprint density at radius 2 is 1.72 bits per heavy atom. The summed E-state index contributed by atoms with van der Waals surface area (Å²) in [5, 5.41) is 0. The molecular weight excluding hydrogens is 249 g/mol. The minimum absolute atomic E-state index is 0.317. The minimum atomic E-state index is -5.02. The summed E-state index contributed by atoms with van der Waals surface area (Å²) in [6.07, 6.45) is -5.02. The molecule has 0 aliphatic heterocycles. The number of hydrogen-bond acceptors (Lipinski definition) is 2. The Bertz CT molecular complexity index is 432. The Morgan fingerprint density at radius 3 is 2.17 bits per heavy atom. The fourth-order valence-electron chi connectivity index (χ4n) is 1.37. The first-order chi connectivity index (χ1) is 8.30. The maximum atomic E-state index is 12.3. The molecule has 1 rings (SSSR count). The van der Waals surface area contributed by atoms with Crippen LogP contribution in [0.15, 0.2) is 30.3 Å². The molecular formula is C11H11F3N2O2. The van der Waals surface area contributed by atoms with Crippen molar-refractivity contribution < 1.29 is 22.8 Å². The van der Waals surface area contributed by atoms with Crippen molar-refractivity contribution in [2.24, 2.45) is 5.73 Å². The number of benzene rings is 1. The normalized spacial score (nSPS) is 11.1. The molecule has 0 saturated heterocycles. The Hall–Kier alpha value is -2.05. The Morgan fingerprint density at radius 1 is 1.17 bits per heavy atom. The van der Waals surface area contributed by atoms with Crippen LogP contribution in [0.2, 0.25) is 0 Å². The van der Waals surface area contributed by atoms with Gasteiger partial charge in [0.25, 0.3) is 0 Å². The van der Waals surface area contributed by atoms with Gasteiger partial charge in [-0.05, 0) is 5.56 Å². The Balaban J connectivity index is 2.86. The third-order valence-electron chi connectivity index (χ3n) is 2.09. The van der Waals surface area contributed by atoms with Crippen molar-refractivity contribution >= 4 is 11.8 Å². The summed E-state index contributed by atoms with van der Waals surface area (Å²) in [7, 11) is 0. The topological polar surface area (TPSA) is 63.4 Å². The van der Waals surface area contributed by atoms with E-state index in [1.807, 2.05) is 0 Å². The van der Waals surface area contributed by atoms with Crippen LogP contribution in [-0.2, 0) is 16.1 Å². The predicted octanol–water partition coefficient (Wildman–Crippen LogP) is 1.06. The van der Waals surface area contributed by atoms with Gasteiger partial charge < -0.3 is 10.6 Å². The van der Waals surface area contributed by atoms with Crippen LogP contribution in [0.1, 0.15) is 5.56 Å². The maximum absolute atomic E-state index is 12.3. The monoisotopic (exact) mass is 260 g/mol. The van der Waals surface area contributed by atoms with Crippen molar-refractivity contribution in [3.63, 3.8) is 0 Å². The summed E-state index contributed by atoms with van der Waals surface area (Å²) in [6, 6.07) is 8.04. The lowest BCUT2D eigenvalue weighted by atomic mass is 10.2. The zero-order valence-corrected chi connectivity index (χ0v) is 9.28. The first-order valence-electron chi connectivity index (χ1n) is 4.99. The number of amides is 2. The van der Waals surface area contributed by atoms with E-state index in [1.54, 1.807) is 30.3 Å². The molecule has 0 fully saturated rings. The second-order valence-electron chi connectivity index (χ2n) is 3.61.